The van der Waals surface area contributed by atoms with Gasteiger partial charge in [-0.15, -0.1) is 0 Å². The molecule has 148 valence electrons. The van der Waals surface area contributed by atoms with Crippen molar-refractivity contribution in [1.82, 2.24) is 4.90 Å². The Balaban J connectivity index is 1.71. The molecule has 4 nitrogen and oxygen atoms in total. The molecule has 0 bridgehead atoms. The predicted molar refractivity (Wildman–Crippen MR) is 116 cm³/mol. The van der Waals surface area contributed by atoms with Crippen molar-refractivity contribution < 1.29 is 9.53 Å². The molecule has 1 aliphatic rings. The predicted octanol–water partition coefficient (Wildman–Crippen LogP) is 4.98. The molecule has 0 radical (unpaired) electrons. The van der Waals surface area contributed by atoms with Crippen LogP contribution < -0.4 is 10.1 Å². The van der Waals surface area contributed by atoms with Crippen molar-refractivity contribution in [2.24, 2.45) is 5.92 Å². The van der Waals surface area contributed by atoms with Gasteiger partial charge in [-0.25, -0.2) is 0 Å². The zero-order chi connectivity index (χ0) is 19.9. The van der Waals surface area contributed by atoms with E-state index in [2.05, 4.69) is 30.1 Å². The van der Waals surface area contributed by atoms with E-state index in [0.717, 1.165) is 55.0 Å². The van der Waals surface area contributed by atoms with E-state index in [-0.39, 0.29) is 11.8 Å². The summed E-state index contributed by atoms with van der Waals surface area (Å²) >= 11 is 0. The Morgan fingerprint density at radius 3 is 2.64 bits per heavy atom. The Hall–Kier alpha value is -2.59. The molecule has 0 aromatic heterocycles. The summed E-state index contributed by atoms with van der Waals surface area (Å²) in [5.74, 6) is 0.968. The van der Waals surface area contributed by atoms with E-state index in [1.54, 1.807) is 7.11 Å². The Morgan fingerprint density at radius 1 is 1.18 bits per heavy atom. The summed E-state index contributed by atoms with van der Waals surface area (Å²) in [5.41, 5.74) is 4.26. The van der Waals surface area contributed by atoms with Crippen LogP contribution in [0, 0.1) is 5.92 Å². The largest absolute Gasteiger partial charge is 0.497 e. The fourth-order valence-electron chi connectivity index (χ4n) is 3.60. The molecule has 28 heavy (non-hydrogen) atoms. The SMILES string of the molecule is COc1ccc(-c2ccccc2NC(=O)[C@@H]2CCCN(CC=C(C)C)C2)cc1. The second-order valence-corrected chi connectivity index (χ2v) is 7.64. The summed E-state index contributed by atoms with van der Waals surface area (Å²) in [7, 11) is 1.66. The highest BCUT2D eigenvalue weighted by Gasteiger charge is 2.25. The molecule has 1 N–H and O–H groups in total. The van der Waals surface area contributed by atoms with Crippen molar-refractivity contribution in [1.29, 1.82) is 0 Å². The number of carbonyl (C=O) groups excluding carboxylic acids is 1. The van der Waals surface area contributed by atoms with Gasteiger partial charge in [-0.1, -0.05) is 42.0 Å². The smallest absolute Gasteiger partial charge is 0.228 e. The first-order chi connectivity index (χ1) is 13.6. The molecule has 1 amide bonds. The Labute approximate surface area is 168 Å². The third-order valence-corrected chi connectivity index (χ3v) is 5.22. The lowest BCUT2D eigenvalue weighted by atomic mass is 9.96. The number of methoxy groups -OCH3 is 1. The number of rotatable bonds is 6. The number of para-hydroxylation sites is 1. The Kier molecular flexibility index (Phi) is 6.88. The summed E-state index contributed by atoms with van der Waals surface area (Å²) in [6.07, 6.45) is 4.25. The van der Waals surface area contributed by atoms with E-state index < -0.39 is 0 Å². The van der Waals surface area contributed by atoms with E-state index in [0.29, 0.717) is 0 Å². The molecule has 0 saturated carbocycles. The maximum atomic E-state index is 13.0. The average Bonchev–Trinajstić information content (AvgIpc) is 2.73. The minimum Gasteiger partial charge on any atom is -0.497 e. The van der Waals surface area contributed by atoms with Crippen molar-refractivity contribution >= 4 is 11.6 Å². The highest BCUT2D eigenvalue weighted by Crippen LogP contribution is 2.30. The van der Waals surface area contributed by atoms with Crippen LogP contribution >= 0.6 is 0 Å². The number of nitrogens with zero attached hydrogens (tertiary/aromatic N) is 1. The highest BCUT2D eigenvalue weighted by atomic mass is 16.5. The van der Waals surface area contributed by atoms with Crippen LogP contribution in [-0.4, -0.2) is 37.6 Å². The van der Waals surface area contributed by atoms with Crippen molar-refractivity contribution in [3.8, 4) is 16.9 Å². The van der Waals surface area contributed by atoms with E-state index in [1.165, 1.54) is 5.57 Å². The molecule has 1 heterocycles. The van der Waals surface area contributed by atoms with Crippen molar-refractivity contribution in [3.63, 3.8) is 0 Å². The summed E-state index contributed by atoms with van der Waals surface area (Å²) in [5, 5.41) is 3.18. The van der Waals surface area contributed by atoms with Gasteiger partial charge in [-0.3, -0.25) is 9.69 Å². The number of carbonyl (C=O) groups is 1. The van der Waals surface area contributed by atoms with Crippen LogP contribution in [0.5, 0.6) is 5.75 Å². The molecule has 1 atom stereocenters. The normalized spacial score (nSPS) is 17.0. The first-order valence-corrected chi connectivity index (χ1v) is 9.97. The van der Waals surface area contributed by atoms with Gasteiger partial charge in [0.15, 0.2) is 0 Å². The van der Waals surface area contributed by atoms with Gasteiger partial charge in [0.1, 0.15) is 5.75 Å². The van der Waals surface area contributed by atoms with Crippen molar-refractivity contribution in [2.45, 2.75) is 26.7 Å². The molecule has 1 aliphatic heterocycles. The van der Waals surface area contributed by atoms with Gasteiger partial charge in [0.2, 0.25) is 5.91 Å². The number of allylic oxidation sites excluding steroid dienone is 1. The molecule has 2 aromatic carbocycles. The summed E-state index contributed by atoms with van der Waals surface area (Å²) in [6, 6.07) is 15.9. The van der Waals surface area contributed by atoms with Gasteiger partial charge in [0, 0.05) is 24.3 Å². The number of hydrogen-bond acceptors (Lipinski definition) is 3. The molecule has 1 saturated heterocycles. The molecular formula is C24H30N2O2. The number of benzene rings is 2. The topological polar surface area (TPSA) is 41.6 Å². The standard InChI is InChI=1S/C24H30N2O2/c1-18(2)14-16-26-15-6-7-20(17-26)24(27)25-23-9-5-4-8-22(23)19-10-12-21(28-3)13-11-19/h4-5,8-14,20H,6-7,15-17H2,1-3H3,(H,25,27)/t20-/m1/s1. The number of ether oxygens (including phenoxy) is 1. The van der Waals surface area contributed by atoms with E-state index in [9.17, 15) is 4.79 Å². The van der Waals surface area contributed by atoms with Crippen molar-refractivity contribution in [3.05, 3.63) is 60.2 Å². The quantitative estimate of drug-likeness (QED) is 0.721. The first kappa shape index (κ1) is 20.2. The van der Waals surface area contributed by atoms with Crippen LogP contribution in [0.25, 0.3) is 11.1 Å². The number of likely N-dealkylation sites (tertiary alicyclic amines) is 1. The van der Waals surface area contributed by atoms with E-state index in [1.807, 2.05) is 48.5 Å². The molecule has 2 aromatic rings. The Morgan fingerprint density at radius 2 is 1.93 bits per heavy atom. The molecule has 0 aliphatic carbocycles. The maximum absolute atomic E-state index is 13.0. The summed E-state index contributed by atoms with van der Waals surface area (Å²) in [4.78, 5) is 15.3. The van der Waals surface area contributed by atoms with Crippen LogP contribution in [0.1, 0.15) is 26.7 Å². The monoisotopic (exact) mass is 378 g/mol. The van der Waals surface area contributed by atoms with Crippen LogP contribution in [-0.2, 0) is 4.79 Å². The number of anilines is 1. The molecular weight excluding hydrogens is 348 g/mol. The lowest BCUT2D eigenvalue weighted by Gasteiger charge is -2.31. The van der Waals surface area contributed by atoms with Gasteiger partial charge in [-0.2, -0.15) is 0 Å². The maximum Gasteiger partial charge on any atom is 0.228 e. The lowest BCUT2D eigenvalue weighted by molar-refractivity contribution is -0.121. The molecule has 0 spiro atoms. The summed E-state index contributed by atoms with van der Waals surface area (Å²) in [6.45, 7) is 7.04. The molecule has 3 rings (SSSR count). The number of hydrogen-bond donors (Lipinski definition) is 1. The lowest BCUT2D eigenvalue weighted by Crippen LogP contribution is -2.40. The van der Waals surface area contributed by atoms with Gasteiger partial charge in [-0.05, 0) is 57.0 Å². The Bertz CT molecular complexity index is 823. The number of nitrogens with one attached hydrogen (secondary N) is 1. The molecule has 1 fully saturated rings. The second-order valence-electron chi connectivity index (χ2n) is 7.64. The third kappa shape index (κ3) is 5.23. The van der Waals surface area contributed by atoms with Gasteiger partial charge in [0.05, 0.1) is 13.0 Å². The highest BCUT2D eigenvalue weighted by molar-refractivity contribution is 5.97. The molecule has 0 unspecified atom stereocenters. The van der Waals surface area contributed by atoms with E-state index >= 15 is 0 Å². The van der Waals surface area contributed by atoms with Gasteiger partial charge < -0.3 is 10.1 Å². The van der Waals surface area contributed by atoms with E-state index in [4.69, 9.17) is 4.74 Å². The van der Waals surface area contributed by atoms with Crippen LogP contribution in [0.3, 0.4) is 0 Å². The first-order valence-electron chi connectivity index (χ1n) is 9.97. The minimum atomic E-state index is 0.0308. The summed E-state index contributed by atoms with van der Waals surface area (Å²) < 4.78 is 5.25. The zero-order valence-electron chi connectivity index (χ0n) is 17.1. The van der Waals surface area contributed by atoms with Crippen LogP contribution in [0.4, 0.5) is 5.69 Å². The van der Waals surface area contributed by atoms with Crippen LogP contribution in [0.15, 0.2) is 60.2 Å². The van der Waals surface area contributed by atoms with Gasteiger partial charge >= 0.3 is 0 Å². The molecule has 4 heteroatoms. The number of amides is 1. The van der Waals surface area contributed by atoms with Crippen LogP contribution in [0.2, 0.25) is 0 Å². The zero-order valence-corrected chi connectivity index (χ0v) is 17.1. The minimum absolute atomic E-state index is 0.0308. The fraction of sp³-hybridized carbons (Fsp3) is 0.375. The number of piperidine rings is 1. The van der Waals surface area contributed by atoms with Crippen molar-refractivity contribution in [2.75, 3.05) is 32.1 Å². The average molecular weight is 379 g/mol. The fourth-order valence-corrected chi connectivity index (χ4v) is 3.60. The third-order valence-electron chi connectivity index (χ3n) is 5.22. The second kappa shape index (κ2) is 9.56. The van der Waals surface area contributed by atoms with Gasteiger partial charge in [0.25, 0.3) is 0 Å².